The van der Waals surface area contributed by atoms with Gasteiger partial charge in [-0.1, -0.05) is 6.07 Å². The number of benzene rings is 1. The Kier molecular flexibility index (Phi) is 4.35. The average Bonchev–Trinajstić information content (AvgIpc) is 2.81. The molecule has 1 saturated heterocycles. The maximum atomic E-state index is 12.5. The molecule has 2 N–H and O–H groups in total. The summed E-state index contributed by atoms with van der Waals surface area (Å²) >= 11 is 1.52. The summed E-state index contributed by atoms with van der Waals surface area (Å²) in [6.07, 6.45) is 1.23. The molecule has 2 atom stereocenters. The predicted octanol–water partition coefficient (Wildman–Crippen LogP) is 1.38. The van der Waals surface area contributed by atoms with Crippen molar-refractivity contribution < 1.29 is 19.8 Å². The topological polar surface area (TPSA) is 77.8 Å². The predicted molar refractivity (Wildman–Crippen MR) is 76.0 cm³/mol. The lowest BCUT2D eigenvalue weighted by atomic mass is 10.1. The number of carboxylic acids is 1. The number of carbonyl (C=O) groups excluding carboxylic acids is 1. The summed E-state index contributed by atoms with van der Waals surface area (Å²) in [5.74, 6) is -1.41. The minimum atomic E-state index is -1.08. The molecule has 1 amide bonds. The van der Waals surface area contributed by atoms with Gasteiger partial charge in [0.25, 0.3) is 5.91 Å². The van der Waals surface area contributed by atoms with E-state index in [0.29, 0.717) is 5.56 Å². The van der Waals surface area contributed by atoms with Crippen LogP contribution in [0.5, 0.6) is 0 Å². The number of hydrogen-bond donors (Lipinski definition) is 2. The number of thioether (sulfide) groups is 1. The lowest BCUT2D eigenvalue weighted by Gasteiger charge is -2.22. The Balaban J connectivity index is 2.33. The van der Waals surface area contributed by atoms with Crippen LogP contribution >= 0.6 is 11.8 Å². The second-order valence-corrected chi connectivity index (χ2v) is 5.76. The zero-order valence-electron chi connectivity index (χ0n) is 11.4. The lowest BCUT2D eigenvalue weighted by Crippen LogP contribution is -2.40. The van der Waals surface area contributed by atoms with E-state index in [1.165, 1.54) is 16.7 Å². The van der Waals surface area contributed by atoms with Crippen LogP contribution in [-0.4, -0.2) is 51.9 Å². The van der Waals surface area contributed by atoms with E-state index >= 15 is 0 Å². The third-order valence-electron chi connectivity index (χ3n) is 3.50. The largest absolute Gasteiger partial charge is 0.480 e. The van der Waals surface area contributed by atoms with Gasteiger partial charge in [0.1, 0.15) is 6.04 Å². The van der Waals surface area contributed by atoms with Gasteiger partial charge >= 0.3 is 5.97 Å². The van der Waals surface area contributed by atoms with Crippen molar-refractivity contribution in [1.82, 2.24) is 4.90 Å². The van der Waals surface area contributed by atoms with Crippen molar-refractivity contribution in [2.24, 2.45) is 0 Å². The molecule has 1 unspecified atom stereocenters. The first-order valence-corrected chi connectivity index (χ1v) is 7.53. The fourth-order valence-corrected chi connectivity index (χ4v) is 2.83. The highest BCUT2D eigenvalue weighted by Crippen LogP contribution is 2.25. The van der Waals surface area contributed by atoms with E-state index in [-0.39, 0.29) is 18.9 Å². The molecule has 0 aromatic heterocycles. The molecule has 1 aliphatic heterocycles. The maximum absolute atomic E-state index is 12.5. The van der Waals surface area contributed by atoms with Crippen molar-refractivity contribution in [3.8, 4) is 0 Å². The molecule has 0 saturated carbocycles. The number of β-amino-alcohol motifs (C(OH)–C–C–N with tert-alkyl or cyclic N) is 1. The van der Waals surface area contributed by atoms with Crippen molar-refractivity contribution in [2.75, 3.05) is 12.8 Å². The Morgan fingerprint density at radius 1 is 1.40 bits per heavy atom. The van der Waals surface area contributed by atoms with Gasteiger partial charge in [-0.3, -0.25) is 4.79 Å². The standard InChI is InChI=1S/C14H17NO4S/c1-8-3-4-10(20-2)6-11(8)13(17)15-7-9(16)5-12(15)14(18)19/h3-4,6,9,12,16H,5,7H2,1-2H3,(H,18,19)/t9?,12-/m0/s1. The van der Waals surface area contributed by atoms with Gasteiger partial charge in [-0.05, 0) is 30.9 Å². The molecule has 5 nitrogen and oxygen atoms in total. The molecule has 1 fully saturated rings. The zero-order chi connectivity index (χ0) is 14.9. The number of aliphatic hydroxyl groups is 1. The van der Waals surface area contributed by atoms with Gasteiger partial charge in [0.2, 0.25) is 0 Å². The Morgan fingerprint density at radius 2 is 2.10 bits per heavy atom. The number of nitrogens with zero attached hydrogens (tertiary/aromatic N) is 1. The first kappa shape index (κ1) is 14.9. The van der Waals surface area contributed by atoms with Gasteiger partial charge in [-0.2, -0.15) is 0 Å². The second kappa shape index (κ2) is 5.85. The Hall–Kier alpha value is -1.53. The highest BCUT2D eigenvalue weighted by molar-refractivity contribution is 7.98. The fraction of sp³-hybridized carbons (Fsp3) is 0.429. The first-order valence-electron chi connectivity index (χ1n) is 6.30. The van der Waals surface area contributed by atoms with E-state index in [0.717, 1.165) is 10.5 Å². The minimum Gasteiger partial charge on any atom is -0.480 e. The number of hydrogen-bond acceptors (Lipinski definition) is 4. The number of carboxylic acid groups (broad SMARTS) is 1. The van der Waals surface area contributed by atoms with Gasteiger partial charge in [0.15, 0.2) is 0 Å². The van der Waals surface area contributed by atoms with Crippen molar-refractivity contribution in [2.45, 2.75) is 30.4 Å². The van der Waals surface area contributed by atoms with Gasteiger partial charge in [-0.15, -0.1) is 11.8 Å². The molecule has 0 radical (unpaired) electrons. The molecule has 1 aromatic carbocycles. The summed E-state index contributed by atoms with van der Waals surface area (Å²) in [6.45, 7) is 1.89. The van der Waals surface area contributed by atoms with Gasteiger partial charge in [0.05, 0.1) is 6.10 Å². The molecule has 108 valence electrons. The highest BCUT2D eigenvalue weighted by Gasteiger charge is 2.39. The van der Waals surface area contributed by atoms with E-state index in [2.05, 4.69) is 0 Å². The maximum Gasteiger partial charge on any atom is 0.326 e. The number of likely N-dealkylation sites (tertiary alicyclic amines) is 1. The van der Waals surface area contributed by atoms with Gasteiger partial charge < -0.3 is 15.1 Å². The molecule has 0 bridgehead atoms. The Labute approximate surface area is 121 Å². The third kappa shape index (κ3) is 2.81. The average molecular weight is 295 g/mol. The van der Waals surface area contributed by atoms with Crippen LogP contribution in [0.15, 0.2) is 23.1 Å². The van der Waals surface area contributed by atoms with Crippen LogP contribution in [0.1, 0.15) is 22.3 Å². The molecule has 1 aromatic rings. The SMILES string of the molecule is CSc1ccc(C)c(C(=O)N2CC(O)C[C@H]2C(=O)O)c1. The molecule has 20 heavy (non-hydrogen) atoms. The Morgan fingerprint density at radius 3 is 2.70 bits per heavy atom. The lowest BCUT2D eigenvalue weighted by molar-refractivity contribution is -0.141. The van der Waals surface area contributed by atoms with Gasteiger partial charge in [0, 0.05) is 23.4 Å². The second-order valence-electron chi connectivity index (χ2n) is 4.88. The summed E-state index contributed by atoms with van der Waals surface area (Å²) in [5, 5.41) is 18.8. The van der Waals surface area contributed by atoms with Crippen molar-refractivity contribution >= 4 is 23.6 Å². The summed E-state index contributed by atoms with van der Waals surface area (Å²) in [7, 11) is 0. The molecule has 0 aliphatic carbocycles. The van der Waals surface area contributed by atoms with E-state index in [1.54, 1.807) is 6.07 Å². The number of rotatable bonds is 3. The van der Waals surface area contributed by atoms with Crippen molar-refractivity contribution in [3.63, 3.8) is 0 Å². The molecular weight excluding hydrogens is 278 g/mol. The molecular formula is C14H17NO4S. The summed E-state index contributed by atoms with van der Waals surface area (Å²) in [6, 6.07) is 4.59. The van der Waals surface area contributed by atoms with E-state index in [1.807, 2.05) is 25.3 Å². The summed E-state index contributed by atoms with van der Waals surface area (Å²) < 4.78 is 0. The summed E-state index contributed by atoms with van der Waals surface area (Å²) in [4.78, 5) is 25.9. The summed E-state index contributed by atoms with van der Waals surface area (Å²) in [5.41, 5.74) is 1.30. The third-order valence-corrected chi connectivity index (χ3v) is 4.23. The number of carbonyl (C=O) groups is 2. The van der Waals surface area contributed by atoms with Crippen LogP contribution in [-0.2, 0) is 4.79 Å². The minimum absolute atomic E-state index is 0.0682. The number of amides is 1. The molecule has 2 rings (SSSR count). The number of aliphatic carboxylic acids is 1. The quantitative estimate of drug-likeness (QED) is 0.824. The van der Waals surface area contributed by atoms with Crippen LogP contribution in [0.4, 0.5) is 0 Å². The van der Waals surface area contributed by atoms with Crippen LogP contribution in [0, 0.1) is 6.92 Å². The monoisotopic (exact) mass is 295 g/mol. The Bertz CT molecular complexity index is 546. The molecule has 1 heterocycles. The van der Waals surface area contributed by atoms with Crippen LogP contribution in [0.25, 0.3) is 0 Å². The normalized spacial score (nSPS) is 22.1. The fourth-order valence-electron chi connectivity index (χ4n) is 2.39. The molecule has 0 spiro atoms. The van der Waals surface area contributed by atoms with E-state index < -0.39 is 18.1 Å². The van der Waals surface area contributed by atoms with Crippen LogP contribution in [0.2, 0.25) is 0 Å². The first-order chi connectivity index (χ1) is 9.43. The number of aliphatic hydroxyl groups excluding tert-OH is 1. The van der Waals surface area contributed by atoms with E-state index in [4.69, 9.17) is 5.11 Å². The van der Waals surface area contributed by atoms with Crippen molar-refractivity contribution in [3.05, 3.63) is 29.3 Å². The van der Waals surface area contributed by atoms with Gasteiger partial charge in [-0.25, -0.2) is 4.79 Å². The smallest absolute Gasteiger partial charge is 0.326 e. The molecule has 6 heteroatoms. The highest BCUT2D eigenvalue weighted by atomic mass is 32.2. The molecule has 1 aliphatic rings. The zero-order valence-corrected chi connectivity index (χ0v) is 12.2. The van der Waals surface area contributed by atoms with E-state index in [9.17, 15) is 14.7 Å². The van der Waals surface area contributed by atoms with Crippen LogP contribution in [0.3, 0.4) is 0 Å². The number of aryl methyl sites for hydroxylation is 1. The van der Waals surface area contributed by atoms with Crippen LogP contribution < -0.4 is 0 Å². The van der Waals surface area contributed by atoms with Crippen molar-refractivity contribution in [1.29, 1.82) is 0 Å².